The van der Waals surface area contributed by atoms with Crippen LogP contribution < -0.4 is 5.32 Å². The molecular weight excluding hydrogens is 442 g/mol. The molecule has 35 heavy (non-hydrogen) atoms. The number of phenols is 1. The van der Waals surface area contributed by atoms with Crippen molar-refractivity contribution in [1.29, 1.82) is 0 Å². The van der Waals surface area contributed by atoms with E-state index in [9.17, 15) is 9.90 Å². The largest absolute Gasteiger partial charge is 0.506 e. The van der Waals surface area contributed by atoms with Crippen LogP contribution in [-0.4, -0.2) is 35.6 Å². The van der Waals surface area contributed by atoms with Gasteiger partial charge in [0.05, 0.1) is 12.3 Å². The van der Waals surface area contributed by atoms with Crippen molar-refractivity contribution in [1.82, 2.24) is 0 Å². The molecule has 0 radical (unpaired) electrons. The number of phenolic OH excluding ortho intramolecular Hbond substituents is 1. The van der Waals surface area contributed by atoms with E-state index in [-0.39, 0.29) is 24.0 Å². The number of fused-ring (bicyclic) bond motifs is 3. The van der Waals surface area contributed by atoms with Crippen molar-refractivity contribution < 1.29 is 24.5 Å². The first-order valence-corrected chi connectivity index (χ1v) is 12.0. The number of carbonyl (C=O) groups excluding carboxylic acids is 1. The Labute approximate surface area is 204 Å². The lowest BCUT2D eigenvalue weighted by Crippen LogP contribution is -2.30. The summed E-state index contributed by atoms with van der Waals surface area (Å²) < 4.78 is 11.9. The zero-order valence-electron chi connectivity index (χ0n) is 19.4. The number of carbonyl (C=O) groups is 1. The minimum Gasteiger partial charge on any atom is -0.506 e. The fraction of sp³-hybridized carbons (Fsp3) is 0.276. The van der Waals surface area contributed by atoms with E-state index in [1.54, 1.807) is 18.2 Å². The summed E-state index contributed by atoms with van der Waals surface area (Å²) in [6.07, 6.45) is 4.07. The van der Waals surface area contributed by atoms with E-state index in [2.05, 4.69) is 47.8 Å². The molecule has 1 heterocycles. The highest BCUT2D eigenvalue weighted by atomic mass is 16.7. The van der Waals surface area contributed by atoms with Gasteiger partial charge in [-0.2, -0.15) is 0 Å². The molecule has 0 bridgehead atoms. The number of benzene rings is 3. The van der Waals surface area contributed by atoms with Gasteiger partial charge in [-0.25, -0.2) is 0 Å². The van der Waals surface area contributed by atoms with Crippen LogP contribution in [-0.2, 0) is 20.7 Å². The first kappa shape index (κ1) is 23.1. The van der Waals surface area contributed by atoms with Gasteiger partial charge >= 0.3 is 0 Å². The molecule has 0 spiro atoms. The number of ether oxygens (including phenoxy) is 2. The standard InChI is InChI=1S/C29H29NO5/c31-14-5-6-15-34-28-18-20(17-27(35-28)29(33)30-25-12-3-4-13-26(25)32)22-10-7-11-23-21-9-2-1-8-19(21)16-24(22)23/h1-4,7-13,17,20,28,31-32H,5-6,14-16,18H2,(H,30,33). The Kier molecular flexibility index (Phi) is 6.84. The molecule has 0 saturated carbocycles. The first-order valence-electron chi connectivity index (χ1n) is 12.0. The van der Waals surface area contributed by atoms with Gasteiger partial charge in [0.15, 0.2) is 5.76 Å². The van der Waals surface area contributed by atoms with Gasteiger partial charge in [0, 0.05) is 18.9 Å². The van der Waals surface area contributed by atoms with E-state index in [1.165, 1.54) is 33.9 Å². The summed E-state index contributed by atoms with van der Waals surface area (Å²) in [4.78, 5) is 13.1. The number of rotatable bonds is 8. The molecule has 1 aliphatic carbocycles. The van der Waals surface area contributed by atoms with Gasteiger partial charge in [0.25, 0.3) is 5.91 Å². The van der Waals surface area contributed by atoms with Crippen LogP contribution in [0.25, 0.3) is 11.1 Å². The Morgan fingerprint density at radius 3 is 2.66 bits per heavy atom. The zero-order valence-corrected chi connectivity index (χ0v) is 19.4. The molecule has 2 atom stereocenters. The Balaban J connectivity index is 1.44. The summed E-state index contributed by atoms with van der Waals surface area (Å²) in [7, 11) is 0. The van der Waals surface area contributed by atoms with Crippen LogP contribution in [0.1, 0.15) is 41.9 Å². The quantitative estimate of drug-likeness (QED) is 0.246. The number of nitrogens with one attached hydrogen (secondary N) is 1. The molecule has 2 aliphatic rings. The Hall–Kier alpha value is -3.61. The number of unbranched alkanes of at least 4 members (excludes halogenated alkanes) is 1. The molecule has 1 amide bonds. The molecule has 6 nitrogen and oxygen atoms in total. The topological polar surface area (TPSA) is 88.0 Å². The second kappa shape index (κ2) is 10.3. The lowest BCUT2D eigenvalue weighted by atomic mass is 9.87. The lowest BCUT2D eigenvalue weighted by Gasteiger charge is -2.30. The molecule has 0 saturated heterocycles. The number of hydrogen-bond donors (Lipinski definition) is 3. The number of amides is 1. The van der Waals surface area contributed by atoms with E-state index in [0.29, 0.717) is 31.6 Å². The summed E-state index contributed by atoms with van der Waals surface area (Å²) in [5.74, 6) is -0.342. The number of aromatic hydroxyl groups is 1. The number of anilines is 1. The van der Waals surface area contributed by atoms with Crippen LogP contribution in [0.2, 0.25) is 0 Å². The average Bonchev–Trinajstić information content (AvgIpc) is 3.27. The molecule has 3 aromatic rings. The van der Waals surface area contributed by atoms with Crippen molar-refractivity contribution in [3.8, 4) is 16.9 Å². The maximum atomic E-state index is 13.1. The molecule has 180 valence electrons. The Bertz CT molecular complexity index is 1250. The summed E-state index contributed by atoms with van der Waals surface area (Å²) >= 11 is 0. The molecular formula is C29H29NO5. The molecule has 6 heteroatoms. The third-order valence-corrected chi connectivity index (χ3v) is 6.58. The fourth-order valence-corrected chi connectivity index (χ4v) is 4.86. The Morgan fingerprint density at radius 1 is 1.00 bits per heavy atom. The van der Waals surface area contributed by atoms with E-state index >= 15 is 0 Å². The zero-order chi connectivity index (χ0) is 24.2. The van der Waals surface area contributed by atoms with E-state index in [1.807, 2.05) is 6.08 Å². The first-order chi connectivity index (χ1) is 17.1. The highest BCUT2D eigenvalue weighted by Gasteiger charge is 2.32. The van der Waals surface area contributed by atoms with Crippen molar-refractivity contribution in [3.63, 3.8) is 0 Å². The molecule has 1 aliphatic heterocycles. The minimum atomic E-state index is -0.589. The smallest absolute Gasteiger partial charge is 0.290 e. The predicted molar refractivity (Wildman–Crippen MR) is 134 cm³/mol. The van der Waals surface area contributed by atoms with Crippen molar-refractivity contribution in [2.45, 2.75) is 37.9 Å². The van der Waals surface area contributed by atoms with Gasteiger partial charge < -0.3 is 25.0 Å². The van der Waals surface area contributed by atoms with Crippen LogP contribution in [0, 0.1) is 0 Å². The molecule has 3 N–H and O–H groups in total. The maximum absolute atomic E-state index is 13.1. The lowest BCUT2D eigenvalue weighted by molar-refractivity contribution is -0.143. The van der Waals surface area contributed by atoms with Crippen molar-refractivity contribution in [2.24, 2.45) is 0 Å². The summed E-state index contributed by atoms with van der Waals surface area (Å²) in [6, 6.07) is 21.4. The maximum Gasteiger partial charge on any atom is 0.290 e. The van der Waals surface area contributed by atoms with Crippen LogP contribution in [0.5, 0.6) is 5.75 Å². The predicted octanol–water partition coefficient (Wildman–Crippen LogP) is 5.11. The molecule has 3 aromatic carbocycles. The SMILES string of the molecule is O=C(Nc1ccccc1O)C1=CC(c2cccc3c2Cc2ccccc2-3)CC(OCCCCO)O1. The highest BCUT2D eigenvalue weighted by molar-refractivity contribution is 6.03. The molecule has 0 fully saturated rings. The monoisotopic (exact) mass is 471 g/mol. The highest BCUT2D eigenvalue weighted by Crippen LogP contribution is 2.43. The van der Waals surface area contributed by atoms with Gasteiger partial charge in [-0.3, -0.25) is 4.79 Å². The van der Waals surface area contributed by atoms with E-state index in [4.69, 9.17) is 14.6 Å². The number of aliphatic hydroxyl groups is 1. The van der Waals surface area contributed by atoms with E-state index in [0.717, 1.165) is 6.42 Å². The van der Waals surface area contributed by atoms with Crippen molar-refractivity contribution >= 4 is 11.6 Å². The average molecular weight is 472 g/mol. The van der Waals surface area contributed by atoms with E-state index < -0.39 is 12.2 Å². The second-order valence-electron chi connectivity index (χ2n) is 8.90. The number of hydrogen-bond acceptors (Lipinski definition) is 5. The minimum absolute atomic E-state index is 0.00995. The molecule has 5 rings (SSSR count). The molecule has 2 unspecified atom stereocenters. The third-order valence-electron chi connectivity index (χ3n) is 6.58. The second-order valence-corrected chi connectivity index (χ2v) is 8.90. The normalized spacial score (nSPS) is 18.3. The van der Waals surface area contributed by atoms with Crippen LogP contribution in [0.15, 0.2) is 78.6 Å². The summed E-state index contributed by atoms with van der Waals surface area (Å²) in [5, 5.41) is 21.9. The van der Waals surface area contributed by atoms with Crippen molar-refractivity contribution in [2.75, 3.05) is 18.5 Å². The number of aliphatic hydroxyl groups excluding tert-OH is 1. The van der Waals surface area contributed by atoms with Crippen LogP contribution >= 0.6 is 0 Å². The van der Waals surface area contributed by atoms with Crippen molar-refractivity contribution in [3.05, 3.63) is 95.3 Å². The number of allylic oxidation sites excluding steroid dienone is 1. The third kappa shape index (κ3) is 4.94. The fourth-order valence-electron chi connectivity index (χ4n) is 4.86. The molecule has 0 aromatic heterocycles. The number of para-hydroxylation sites is 2. The van der Waals surface area contributed by atoms with Gasteiger partial charge in [-0.1, -0.05) is 54.6 Å². The van der Waals surface area contributed by atoms with Gasteiger partial charge in [-0.05, 0) is 65.3 Å². The van der Waals surface area contributed by atoms with Gasteiger partial charge in [0.1, 0.15) is 5.75 Å². The van der Waals surface area contributed by atoms with Gasteiger partial charge in [0.2, 0.25) is 6.29 Å². The van der Waals surface area contributed by atoms with Crippen LogP contribution in [0.3, 0.4) is 0 Å². The summed E-state index contributed by atoms with van der Waals surface area (Å²) in [6.45, 7) is 0.549. The van der Waals surface area contributed by atoms with Crippen LogP contribution in [0.4, 0.5) is 5.69 Å². The Morgan fingerprint density at radius 2 is 1.80 bits per heavy atom. The summed E-state index contributed by atoms with van der Waals surface area (Å²) in [5.41, 5.74) is 6.56. The van der Waals surface area contributed by atoms with Gasteiger partial charge in [-0.15, -0.1) is 0 Å².